The van der Waals surface area contributed by atoms with Gasteiger partial charge in [-0.3, -0.25) is 0 Å². The van der Waals surface area contributed by atoms with Crippen molar-refractivity contribution >= 4 is 21.7 Å². The second-order valence-corrected chi connectivity index (χ2v) is 9.43. The Morgan fingerprint density at radius 2 is 1.60 bits per heavy atom. The molecule has 1 fully saturated rings. The Morgan fingerprint density at radius 1 is 1.00 bits per heavy atom. The molecule has 0 spiro atoms. The summed E-state index contributed by atoms with van der Waals surface area (Å²) in [6, 6.07) is 10.4. The molecule has 3 rings (SSSR count). The fraction of sp³-hybridized carbons (Fsp3) is 0.409. The van der Waals surface area contributed by atoms with E-state index in [4.69, 9.17) is 4.74 Å². The van der Waals surface area contributed by atoms with Crippen LogP contribution < -0.4 is 14.8 Å². The summed E-state index contributed by atoms with van der Waals surface area (Å²) in [5.74, 6) is 0.722. The Balaban J connectivity index is 1.57. The van der Waals surface area contributed by atoms with Crippen LogP contribution >= 0.6 is 0 Å². The van der Waals surface area contributed by atoms with E-state index in [1.165, 1.54) is 0 Å². The molecule has 0 unspecified atom stereocenters. The maximum Gasteiger partial charge on any atom is 0.321 e. The number of anilines is 1. The quantitative estimate of drug-likeness (QED) is 0.757. The first kappa shape index (κ1) is 22.1. The van der Waals surface area contributed by atoms with Gasteiger partial charge in [-0.1, -0.05) is 6.07 Å². The molecular formula is C22H29N3O4S. The topological polar surface area (TPSA) is 87.7 Å². The number of carbonyl (C=O) groups excluding carboxylic acids is 1. The molecule has 1 heterocycles. The van der Waals surface area contributed by atoms with Crippen LogP contribution in [-0.4, -0.2) is 45.6 Å². The van der Waals surface area contributed by atoms with E-state index in [1.54, 1.807) is 42.3 Å². The fourth-order valence-electron chi connectivity index (χ4n) is 3.58. The van der Waals surface area contributed by atoms with E-state index in [2.05, 4.69) is 10.0 Å². The standard InChI is InChI=1S/C22H29N3O4S/c1-15-13-17(3)21(14-16(15)2)30(27,28)24-19-9-11-25(12-10-19)22(26)23-18-5-7-20(29-4)8-6-18/h5-8,13-14,19,24H,9-12H2,1-4H3,(H,23,26). The summed E-state index contributed by atoms with van der Waals surface area (Å²) in [7, 11) is -2.01. The summed E-state index contributed by atoms with van der Waals surface area (Å²) in [5.41, 5.74) is 3.45. The van der Waals surface area contributed by atoms with Crippen molar-refractivity contribution in [1.29, 1.82) is 0 Å². The van der Waals surface area contributed by atoms with Crippen molar-refractivity contribution in [2.24, 2.45) is 0 Å². The van der Waals surface area contributed by atoms with E-state index < -0.39 is 10.0 Å². The zero-order valence-electron chi connectivity index (χ0n) is 17.9. The van der Waals surface area contributed by atoms with E-state index in [0.29, 0.717) is 36.5 Å². The van der Waals surface area contributed by atoms with Gasteiger partial charge in [0.1, 0.15) is 5.75 Å². The number of nitrogens with one attached hydrogen (secondary N) is 2. The van der Waals surface area contributed by atoms with Crippen molar-refractivity contribution in [3.05, 3.63) is 53.1 Å². The Morgan fingerprint density at radius 3 is 2.20 bits per heavy atom. The van der Waals surface area contributed by atoms with Crippen LogP contribution in [0, 0.1) is 20.8 Å². The molecule has 162 valence electrons. The highest BCUT2D eigenvalue weighted by Crippen LogP contribution is 2.22. The lowest BCUT2D eigenvalue weighted by molar-refractivity contribution is 0.193. The van der Waals surface area contributed by atoms with E-state index >= 15 is 0 Å². The molecule has 0 bridgehead atoms. The number of piperidine rings is 1. The van der Waals surface area contributed by atoms with Crippen molar-refractivity contribution in [3.63, 3.8) is 0 Å². The first-order valence-electron chi connectivity index (χ1n) is 10.00. The van der Waals surface area contributed by atoms with Crippen LogP contribution in [0.4, 0.5) is 10.5 Å². The van der Waals surface area contributed by atoms with Crippen molar-refractivity contribution in [2.75, 3.05) is 25.5 Å². The molecule has 0 saturated carbocycles. The molecule has 8 heteroatoms. The number of aryl methyl sites for hydroxylation is 3. The van der Waals surface area contributed by atoms with Crippen molar-refractivity contribution in [2.45, 2.75) is 44.6 Å². The lowest BCUT2D eigenvalue weighted by Gasteiger charge is -2.32. The molecule has 2 N–H and O–H groups in total. The summed E-state index contributed by atoms with van der Waals surface area (Å²) >= 11 is 0. The van der Waals surface area contributed by atoms with Crippen LogP contribution in [-0.2, 0) is 10.0 Å². The first-order valence-corrected chi connectivity index (χ1v) is 11.5. The van der Waals surface area contributed by atoms with Gasteiger partial charge in [-0.2, -0.15) is 0 Å². The van der Waals surface area contributed by atoms with Gasteiger partial charge in [0.25, 0.3) is 0 Å². The summed E-state index contributed by atoms with van der Waals surface area (Å²) in [5, 5.41) is 2.86. The van der Waals surface area contributed by atoms with Crippen molar-refractivity contribution < 1.29 is 17.9 Å². The average molecular weight is 432 g/mol. The first-order chi connectivity index (χ1) is 14.2. The third kappa shape index (κ3) is 5.12. The van der Waals surface area contributed by atoms with Crippen molar-refractivity contribution in [1.82, 2.24) is 9.62 Å². The molecule has 2 amide bonds. The highest BCUT2D eigenvalue weighted by molar-refractivity contribution is 7.89. The van der Waals surface area contributed by atoms with Crippen LogP contribution in [0.3, 0.4) is 0 Å². The second-order valence-electron chi connectivity index (χ2n) is 7.74. The van der Waals surface area contributed by atoms with E-state index in [1.807, 2.05) is 26.8 Å². The van der Waals surface area contributed by atoms with Crippen LogP contribution in [0.5, 0.6) is 5.75 Å². The maximum atomic E-state index is 12.9. The Hall–Kier alpha value is -2.58. The highest BCUT2D eigenvalue weighted by Gasteiger charge is 2.27. The Labute approximate surface area is 178 Å². The highest BCUT2D eigenvalue weighted by atomic mass is 32.2. The van der Waals surface area contributed by atoms with E-state index in [0.717, 1.165) is 22.4 Å². The van der Waals surface area contributed by atoms with E-state index in [9.17, 15) is 13.2 Å². The molecule has 0 atom stereocenters. The number of hydrogen-bond acceptors (Lipinski definition) is 4. The molecule has 2 aromatic carbocycles. The number of ether oxygens (including phenoxy) is 1. The molecular weight excluding hydrogens is 402 g/mol. The summed E-state index contributed by atoms with van der Waals surface area (Å²) < 4.78 is 33.7. The minimum absolute atomic E-state index is 0.188. The number of amides is 2. The minimum Gasteiger partial charge on any atom is -0.497 e. The van der Waals surface area contributed by atoms with Gasteiger partial charge < -0.3 is 15.0 Å². The molecule has 0 aliphatic carbocycles. The van der Waals surface area contributed by atoms with Gasteiger partial charge in [-0.25, -0.2) is 17.9 Å². The zero-order valence-corrected chi connectivity index (χ0v) is 18.7. The van der Waals surface area contributed by atoms with Gasteiger partial charge in [0.15, 0.2) is 0 Å². The van der Waals surface area contributed by atoms with Crippen LogP contribution in [0.2, 0.25) is 0 Å². The Bertz CT molecular complexity index is 1010. The predicted molar refractivity (Wildman–Crippen MR) is 118 cm³/mol. The number of sulfonamides is 1. The molecule has 30 heavy (non-hydrogen) atoms. The number of nitrogens with zero attached hydrogens (tertiary/aromatic N) is 1. The number of benzene rings is 2. The molecule has 1 aliphatic heterocycles. The fourth-order valence-corrected chi connectivity index (χ4v) is 5.20. The number of likely N-dealkylation sites (tertiary alicyclic amines) is 1. The normalized spacial score (nSPS) is 15.1. The third-order valence-electron chi connectivity index (χ3n) is 5.53. The molecule has 7 nitrogen and oxygen atoms in total. The number of hydrogen-bond donors (Lipinski definition) is 2. The summed E-state index contributed by atoms with van der Waals surface area (Å²) in [6.45, 7) is 6.67. The lowest BCUT2D eigenvalue weighted by atomic mass is 10.1. The van der Waals surface area contributed by atoms with Gasteiger partial charge in [0.2, 0.25) is 10.0 Å². The molecule has 0 aromatic heterocycles. The van der Waals surface area contributed by atoms with Crippen LogP contribution in [0.25, 0.3) is 0 Å². The summed E-state index contributed by atoms with van der Waals surface area (Å²) in [4.78, 5) is 14.5. The number of rotatable bonds is 5. The predicted octanol–water partition coefficient (Wildman–Crippen LogP) is 3.60. The van der Waals surface area contributed by atoms with Gasteiger partial charge in [0.05, 0.1) is 12.0 Å². The smallest absolute Gasteiger partial charge is 0.321 e. The lowest BCUT2D eigenvalue weighted by Crippen LogP contribution is -2.47. The summed E-state index contributed by atoms with van der Waals surface area (Å²) in [6.07, 6.45) is 1.14. The molecule has 1 aliphatic rings. The monoisotopic (exact) mass is 431 g/mol. The maximum absolute atomic E-state index is 12.9. The zero-order chi connectivity index (χ0) is 21.9. The largest absolute Gasteiger partial charge is 0.497 e. The van der Waals surface area contributed by atoms with Gasteiger partial charge in [0, 0.05) is 24.8 Å². The minimum atomic E-state index is -3.60. The van der Waals surface area contributed by atoms with Gasteiger partial charge in [-0.15, -0.1) is 0 Å². The van der Waals surface area contributed by atoms with Crippen molar-refractivity contribution in [3.8, 4) is 5.75 Å². The van der Waals surface area contributed by atoms with E-state index in [-0.39, 0.29) is 12.1 Å². The van der Waals surface area contributed by atoms with Crippen LogP contribution in [0.1, 0.15) is 29.5 Å². The average Bonchev–Trinajstić information content (AvgIpc) is 2.71. The van der Waals surface area contributed by atoms with Gasteiger partial charge in [-0.05, 0) is 80.6 Å². The second kappa shape index (κ2) is 9.06. The van der Waals surface area contributed by atoms with Gasteiger partial charge >= 0.3 is 6.03 Å². The number of carbonyl (C=O) groups is 1. The van der Waals surface area contributed by atoms with Crippen LogP contribution in [0.15, 0.2) is 41.3 Å². The molecule has 0 radical (unpaired) electrons. The molecule has 2 aromatic rings. The number of methoxy groups -OCH3 is 1. The number of urea groups is 1. The third-order valence-corrected chi connectivity index (χ3v) is 7.19. The molecule has 1 saturated heterocycles. The SMILES string of the molecule is COc1ccc(NC(=O)N2CCC(NS(=O)(=O)c3cc(C)c(C)cc3C)CC2)cc1. The Kier molecular flexibility index (Phi) is 6.67.